The number of methoxy groups -OCH3 is 2. The van der Waals surface area contributed by atoms with Gasteiger partial charge in [0.2, 0.25) is 5.82 Å². The molecule has 7 nitrogen and oxygen atoms in total. The van der Waals surface area contributed by atoms with E-state index in [1.807, 2.05) is 73.7 Å². The number of thiocarbonyl (C=S) groups is 1. The van der Waals surface area contributed by atoms with E-state index in [0.29, 0.717) is 23.4 Å². The first-order valence-electron chi connectivity index (χ1n) is 11.5. The molecule has 3 aromatic carbocycles. The van der Waals surface area contributed by atoms with E-state index in [1.54, 1.807) is 14.2 Å². The molecule has 0 fully saturated rings. The molecule has 1 N–H and O–H groups in total. The van der Waals surface area contributed by atoms with E-state index in [2.05, 4.69) is 27.5 Å². The largest absolute Gasteiger partial charge is 0.497 e. The Balaban J connectivity index is 1.59. The Kier molecular flexibility index (Phi) is 6.69. The van der Waals surface area contributed by atoms with E-state index in [0.717, 1.165) is 39.5 Å². The molecule has 0 radical (unpaired) electrons. The van der Waals surface area contributed by atoms with Gasteiger partial charge in [-0.05, 0) is 66.7 Å². The number of ether oxygens (including phenoxy) is 2. The van der Waals surface area contributed by atoms with Crippen LogP contribution in [0.5, 0.6) is 11.5 Å². The van der Waals surface area contributed by atoms with Crippen LogP contribution in [0.15, 0.2) is 89.1 Å². The molecule has 0 bridgehead atoms. The average Bonchev–Trinajstić information content (AvgIpc) is 3.41. The average molecular weight is 499 g/mol. The lowest BCUT2D eigenvalue weighted by molar-refractivity contribution is 0.395. The fraction of sp³-hybridized carbons (Fsp3) is 0.179. The number of benzene rings is 3. The van der Waals surface area contributed by atoms with Crippen LogP contribution < -0.4 is 14.8 Å². The van der Waals surface area contributed by atoms with Gasteiger partial charge < -0.3 is 24.2 Å². The lowest BCUT2D eigenvalue weighted by Crippen LogP contribution is -2.45. The Morgan fingerprint density at radius 2 is 1.69 bits per heavy atom. The predicted octanol–water partition coefficient (Wildman–Crippen LogP) is 5.62. The molecule has 0 saturated heterocycles. The minimum absolute atomic E-state index is 0.288. The summed E-state index contributed by atoms with van der Waals surface area (Å²) in [6.45, 7) is 2.65. The quantitative estimate of drug-likeness (QED) is 0.329. The Bertz CT molecular complexity index is 1400. The lowest BCUT2D eigenvalue weighted by Gasteiger charge is -2.37. The summed E-state index contributed by atoms with van der Waals surface area (Å²) in [5.74, 6) is 2.45. The fourth-order valence-electron chi connectivity index (χ4n) is 4.28. The fourth-order valence-corrected chi connectivity index (χ4v) is 4.60. The molecule has 5 rings (SSSR count). The van der Waals surface area contributed by atoms with Crippen molar-refractivity contribution < 1.29 is 14.0 Å². The van der Waals surface area contributed by atoms with Gasteiger partial charge in [0.25, 0.3) is 5.89 Å². The minimum Gasteiger partial charge on any atom is -0.497 e. The molecule has 0 spiro atoms. The van der Waals surface area contributed by atoms with Gasteiger partial charge in [-0.3, -0.25) is 0 Å². The summed E-state index contributed by atoms with van der Waals surface area (Å²) >= 11 is 5.82. The van der Waals surface area contributed by atoms with Crippen molar-refractivity contribution in [3.05, 3.63) is 102 Å². The smallest absolute Gasteiger partial charge is 0.258 e. The summed E-state index contributed by atoms with van der Waals surface area (Å²) in [5.41, 5.74) is 4.77. The molecular weight excluding hydrogens is 472 g/mol. The predicted molar refractivity (Wildman–Crippen MR) is 142 cm³/mol. The first-order valence-corrected chi connectivity index (χ1v) is 11.9. The van der Waals surface area contributed by atoms with Crippen LogP contribution in [0, 0.1) is 0 Å². The normalized spacial score (nSPS) is 15.6. The molecule has 0 aliphatic carbocycles. The number of nitrogens with zero attached hydrogens (tertiary/aromatic N) is 3. The third-order valence-electron chi connectivity index (χ3n) is 6.21. The maximum atomic E-state index is 5.84. The summed E-state index contributed by atoms with van der Waals surface area (Å²) in [6.07, 6.45) is 0. The first kappa shape index (κ1) is 23.6. The number of aromatic nitrogens is 2. The highest BCUT2D eigenvalue weighted by molar-refractivity contribution is 7.80. The summed E-state index contributed by atoms with van der Waals surface area (Å²) in [6, 6.07) is 25.4. The molecule has 2 heterocycles. The number of rotatable bonds is 7. The Labute approximate surface area is 215 Å². The van der Waals surface area contributed by atoms with Crippen LogP contribution in [-0.4, -0.2) is 34.4 Å². The SMILES string of the molecule is COc1ccc(-c2noc(C3=C(C)N(Cc4ccccc4)C(=S)NC3c3cccc(OC)c3)n2)cc1. The Hall–Kier alpha value is -4.17. The maximum absolute atomic E-state index is 5.84. The van der Waals surface area contributed by atoms with Crippen molar-refractivity contribution >= 4 is 22.9 Å². The van der Waals surface area contributed by atoms with Crippen LogP contribution >= 0.6 is 12.2 Å². The molecule has 8 heteroatoms. The van der Waals surface area contributed by atoms with Gasteiger partial charge in [0.15, 0.2) is 5.11 Å². The third kappa shape index (κ3) is 4.67. The molecule has 4 aromatic rings. The maximum Gasteiger partial charge on any atom is 0.258 e. The van der Waals surface area contributed by atoms with E-state index in [9.17, 15) is 0 Å². The molecule has 1 aliphatic heterocycles. The molecule has 36 heavy (non-hydrogen) atoms. The van der Waals surface area contributed by atoms with Crippen molar-refractivity contribution in [3.8, 4) is 22.9 Å². The second-order valence-corrected chi connectivity index (χ2v) is 8.77. The van der Waals surface area contributed by atoms with E-state index in [1.165, 1.54) is 0 Å². The van der Waals surface area contributed by atoms with Crippen LogP contribution in [0.3, 0.4) is 0 Å². The van der Waals surface area contributed by atoms with Crippen LogP contribution in [0.25, 0.3) is 17.0 Å². The summed E-state index contributed by atoms with van der Waals surface area (Å²) in [7, 11) is 3.29. The second kappa shape index (κ2) is 10.2. The minimum atomic E-state index is -0.288. The van der Waals surface area contributed by atoms with Gasteiger partial charge in [0.1, 0.15) is 11.5 Å². The highest BCUT2D eigenvalue weighted by Crippen LogP contribution is 2.38. The van der Waals surface area contributed by atoms with Crippen LogP contribution in [0.4, 0.5) is 0 Å². The van der Waals surface area contributed by atoms with E-state index in [-0.39, 0.29) is 6.04 Å². The van der Waals surface area contributed by atoms with E-state index < -0.39 is 0 Å². The zero-order valence-electron chi connectivity index (χ0n) is 20.3. The van der Waals surface area contributed by atoms with Crippen molar-refractivity contribution in [2.45, 2.75) is 19.5 Å². The Morgan fingerprint density at radius 1 is 0.944 bits per heavy atom. The molecule has 1 atom stereocenters. The van der Waals surface area contributed by atoms with Crippen molar-refractivity contribution in [2.75, 3.05) is 14.2 Å². The van der Waals surface area contributed by atoms with Crippen molar-refractivity contribution in [1.82, 2.24) is 20.4 Å². The van der Waals surface area contributed by atoms with Gasteiger partial charge in [-0.2, -0.15) is 4.98 Å². The summed E-state index contributed by atoms with van der Waals surface area (Å²) in [4.78, 5) is 6.84. The Morgan fingerprint density at radius 3 is 2.42 bits per heavy atom. The van der Waals surface area contributed by atoms with Gasteiger partial charge in [0, 0.05) is 17.8 Å². The standard InChI is InChI=1S/C28H26N4O3S/c1-18-24(27-30-26(31-35-27)20-12-14-22(33-2)15-13-20)25(21-10-7-11-23(16-21)34-3)29-28(36)32(18)17-19-8-5-4-6-9-19/h4-16,25H,17H2,1-3H3,(H,29,36). The monoisotopic (exact) mass is 498 g/mol. The molecule has 1 unspecified atom stereocenters. The van der Waals surface area contributed by atoms with Gasteiger partial charge in [-0.1, -0.05) is 47.6 Å². The second-order valence-electron chi connectivity index (χ2n) is 8.38. The van der Waals surface area contributed by atoms with Crippen molar-refractivity contribution in [1.29, 1.82) is 0 Å². The molecular formula is C28H26N4O3S. The molecule has 182 valence electrons. The first-order chi connectivity index (χ1) is 17.6. The van der Waals surface area contributed by atoms with Gasteiger partial charge in [0.05, 0.1) is 25.8 Å². The highest BCUT2D eigenvalue weighted by Gasteiger charge is 2.34. The number of nitrogens with one attached hydrogen (secondary N) is 1. The third-order valence-corrected chi connectivity index (χ3v) is 6.55. The van der Waals surface area contributed by atoms with Crippen molar-refractivity contribution in [3.63, 3.8) is 0 Å². The topological polar surface area (TPSA) is 72.7 Å². The molecule has 1 aromatic heterocycles. The highest BCUT2D eigenvalue weighted by atomic mass is 32.1. The van der Waals surface area contributed by atoms with Gasteiger partial charge in [-0.25, -0.2) is 0 Å². The number of allylic oxidation sites excluding steroid dienone is 1. The summed E-state index contributed by atoms with van der Waals surface area (Å²) < 4.78 is 16.6. The van der Waals surface area contributed by atoms with Gasteiger partial charge in [-0.15, -0.1) is 0 Å². The summed E-state index contributed by atoms with van der Waals surface area (Å²) in [5, 5.41) is 8.40. The lowest BCUT2D eigenvalue weighted by atomic mass is 9.94. The zero-order valence-corrected chi connectivity index (χ0v) is 21.1. The number of hydrogen-bond acceptors (Lipinski definition) is 6. The molecule has 0 amide bonds. The number of hydrogen-bond donors (Lipinski definition) is 1. The van der Waals surface area contributed by atoms with Crippen molar-refractivity contribution in [2.24, 2.45) is 0 Å². The van der Waals surface area contributed by atoms with E-state index in [4.69, 9.17) is 31.2 Å². The zero-order chi connectivity index (χ0) is 25.1. The molecule has 0 saturated carbocycles. The van der Waals surface area contributed by atoms with E-state index >= 15 is 0 Å². The van der Waals surface area contributed by atoms with Crippen LogP contribution in [0.1, 0.15) is 30.0 Å². The van der Waals surface area contributed by atoms with Crippen LogP contribution in [0.2, 0.25) is 0 Å². The van der Waals surface area contributed by atoms with Crippen LogP contribution in [-0.2, 0) is 6.54 Å². The molecule has 1 aliphatic rings. The van der Waals surface area contributed by atoms with Gasteiger partial charge >= 0.3 is 0 Å².